The lowest BCUT2D eigenvalue weighted by atomic mass is 10.1. The summed E-state index contributed by atoms with van der Waals surface area (Å²) in [4.78, 5) is 24.3. The standard InChI is InChI=1S/C19H23N3O3/c20-10-17-9-15(12-25-17)18(23)21-11-13-4-3-7-16(8-13)22-19(24)14-5-1-2-6-14/h3-4,7-9,12,14H,1-2,5-6,10-11,20H2,(H,21,23)(H,22,24). The Morgan fingerprint density at radius 2 is 2.00 bits per heavy atom. The molecule has 25 heavy (non-hydrogen) atoms. The molecule has 1 aromatic heterocycles. The van der Waals surface area contributed by atoms with Gasteiger partial charge in [0.15, 0.2) is 0 Å². The summed E-state index contributed by atoms with van der Waals surface area (Å²) in [5, 5.41) is 5.81. The molecular formula is C19H23N3O3. The van der Waals surface area contributed by atoms with E-state index < -0.39 is 0 Å². The van der Waals surface area contributed by atoms with E-state index in [9.17, 15) is 9.59 Å². The molecule has 0 saturated heterocycles. The van der Waals surface area contributed by atoms with Gasteiger partial charge in [-0.15, -0.1) is 0 Å². The first-order valence-electron chi connectivity index (χ1n) is 8.61. The van der Waals surface area contributed by atoms with Crippen molar-refractivity contribution in [2.24, 2.45) is 11.7 Å². The Kier molecular flexibility index (Phi) is 5.50. The first-order valence-corrected chi connectivity index (χ1v) is 8.61. The van der Waals surface area contributed by atoms with Crippen molar-refractivity contribution in [1.82, 2.24) is 5.32 Å². The van der Waals surface area contributed by atoms with Crippen LogP contribution in [-0.2, 0) is 17.9 Å². The molecule has 1 aliphatic rings. The van der Waals surface area contributed by atoms with Crippen molar-refractivity contribution in [3.63, 3.8) is 0 Å². The molecule has 0 aliphatic heterocycles. The van der Waals surface area contributed by atoms with E-state index >= 15 is 0 Å². The van der Waals surface area contributed by atoms with E-state index in [0.29, 0.717) is 17.9 Å². The highest BCUT2D eigenvalue weighted by atomic mass is 16.3. The maximum atomic E-state index is 12.2. The first kappa shape index (κ1) is 17.2. The van der Waals surface area contributed by atoms with Crippen molar-refractivity contribution in [2.45, 2.75) is 38.8 Å². The van der Waals surface area contributed by atoms with Crippen LogP contribution in [0.25, 0.3) is 0 Å². The molecule has 0 bridgehead atoms. The summed E-state index contributed by atoms with van der Waals surface area (Å²) in [6.45, 7) is 0.630. The molecule has 1 aromatic carbocycles. The van der Waals surface area contributed by atoms with Crippen LogP contribution in [0.15, 0.2) is 41.0 Å². The molecule has 3 rings (SSSR count). The molecule has 132 valence electrons. The summed E-state index contributed by atoms with van der Waals surface area (Å²) in [7, 11) is 0. The fraction of sp³-hybridized carbons (Fsp3) is 0.368. The molecule has 0 spiro atoms. The average molecular weight is 341 g/mol. The van der Waals surface area contributed by atoms with Gasteiger partial charge in [0.2, 0.25) is 5.91 Å². The molecule has 0 atom stereocenters. The highest BCUT2D eigenvalue weighted by molar-refractivity contribution is 5.94. The van der Waals surface area contributed by atoms with E-state index in [1.165, 1.54) is 6.26 Å². The number of rotatable bonds is 6. The van der Waals surface area contributed by atoms with Gasteiger partial charge in [0.05, 0.1) is 12.1 Å². The number of nitrogens with one attached hydrogen (secondary N) is 2. The summed E-state index contributed by atoms with van der Waals surface area (Å²) in [5.41, 5.74) is 7.60. The van der Waals surface area contributed by atoms with Crippen LogP contribution < -0.4 is 16.4 Å². The Bertz CT molecular complexity index is 748. The van der Waals surface area contributed by atoms with Gasteiger partial charge in [-0.05, 0) is 36.6 Å². The molecule has 6 nitrogen and oxygen atoms in total. The van der Waals surface area contributed by atoms with E-state index in [2.05, 4.69) is 10.6 Å². The molecule has 1 aliphatic carbocycles. The number of carbonyl (C=O) groups is 2. The number of hydrogen-bond acceptors (Lipinski definition) is 4. The third-order valence-electron chi connectivity index (χ3n) is 4.49. The number of furan rings is 1. The molecule has 2 aromatic rings. The number of carbonyl (C=O) groups excluding carboxylic acids is 2. The minimum Gasteiger partial charge on any atom is -0.467 e. The van der Waals surface area contributed by atoms with Gasteiger partial charge in [-0.1, -0.05) is 25.0 Å². The molecule has 0 unspecified atom stereocenters. The molecule has 1 fully saturated rings. The molecule has 4 N–H and O–H groups in total. The fourth-order valence-electron chi connectivity index (χ4n) is 3.08. The van der Waals surface area contributed by atoms with Crippen LogP contribution in [0.4, 0.5) is 5.69 Å². The Morgan fingerprint density at radius 3 is 2.72 bits per heavy atom. The van der Waals surface area contributed by atoms with E-state index in [1.807, 2.05) is 24.3 Å². The maximum absolute atomic E-state index is 12.2. The second-order valence-electron chi connectivity index (χ2n) is 6.36. The highest BCUT2D eigenvalue weighted by Gasteiger charge is 2.22. The van der Waals surface area contributed by atoms with Crippen molar-refractivity contribution in [3.05, 3.63) is 53.5 Å². The summed E-state index contributed by atoms with van der Waals surface area (Å²) in [6, 6.07) is 9.16. The SMILES string of the molecule is NCc1cc(C(=O)NCc2cccc(NC(=O)C3CCCC3)c2)co1. The second-order valence-corrected chi connectivity index (χ2v) is 6.36. The Labute approximate surface area is 146 Å². The quantitative estimate of drug-likeness (QED) is 0.752. The number of hydrogen-bond donors (Lipinski definition) is 3. The zero-order valence-corrected chi connectivity index (χ0v) is 14.1. The summed E-state index contributed by atoms with van der Waals surface area (Å²) < 4.78 is 5.17. The summed E-state index contributed by atoms with van der Waals surface area (Å²) in [6.07, 6.45) is 5.60. The van der Waals surface area contributed by atoms with Crippen LogP contribution in [0.3, 0.4) is 0 Å². The number of amides is 2. The predicted octanol–water partition coefficient (Wildman–Crippen LogP) is 2.80. The average Bonchev–Trinajstić information content (AvgIpc) is 3.31. The van der Waals surface area contributed by atoms with Crippen molar-refractivity contribution >= 4 is 17.5 Å². The number of anilines is 1. The van der Waals surface area contributed by atoms with Crippen LogP contribution in [-0.4, -0.2) is 11.8 Å². The van der Waals surface area contributed by atoms with Gasteiger partial charge in [-0.3, -0.25) is 9.59 Å². The molecule has 1 heterocycles. The largest absolute Gasteiger partial charge is 0.467 e. The van der Waals surface area contributed by atoms with Gasteiger partial charge in [0, 0.05) is 18.2 Å². The minimum atomic E-state index is -0.219. The lowest BCUT2D eigenvalue weighted by molar-refractivity contribution is -0.119. The molecule has 1 saturated carbocycles. The predicted molar refractivity (Wildman–Crippen MR) is 94.8 cm³/mol. The summed E-state index contributed by atoms with van der Waals surface area (Å²) in [5.74, 6) is 0.568. The first-order chi connectivity index (χ1) is 12.2. The van der Waals surface area contributed by atoms with Gasteiger partial charge < -0.3 is 20.8 Å². The van der Waals surface area contributed by atoms with Gasteiger partial charge in [-0.2, -0.15) is 0 Å². The maximum Gasteiger partial charge on any atom is 0.254 e. The van der Waals surface area contributed by atoms with E-state index in [-0.39, 0.29) is 24.3 Å². The van der Waals surface area contributed by atoms with E-state index in [0.717, 1.165) is 36.9 Å². The lowest BCUT2D eigenvalue weighted by Gasteiger charge is -2.11. The third-order valence-corrected chi connectivity index (χ3v) is 4.49. The lowest BCUT2D eigenvalue weighted by Crippen LogP contribution is -2.23. The normalized spacial score (nSPS) is 14.4. The van der Waals surface area contributed by atoms with E-state index in [4.69, 9.17) is 10.2 Å². The topological polar surface area (TPSA) is 97.4 Å². The van der Waals surface area contributed by atoms with Crippen LogP contribution in [0.2, 0.25) is 0 Å². The Balaban J connectivity index is 1.55. The van der Waals surface area contributed by atoms with Gasteiger partial charge in [0.25, 0.3) is 5.91 Å². The zero-order valence-electron chi connectivity index (χ0n) is 14.1. The van der Waals surface area contributed by atoms with Crippen LogP contribution in [0.1, 0.15) is 47.4 Å². The van der Waals surface area contributed by atoms with Crippen molar-refractivity contribution < 1.29 is 14.0 Å². The van der Waals surface area contributed by atoms with Crippen molar-refractivity contribution in [2.75, 3.05) is 5.32 Å². The Hall–Kier alpha value is -2.60. The van der Waals surface area contributed by atoms with Crippen LogP contribution in [0, 0.1) is 5.92 Å². The van der Waals surface area contributed by atoms with Crippen molar-refractivity contribution in [3.8, 4) is 0 Å². The molecule has 6 heteroatoms. The van der Waals surface area contributed by atoms with Crippen LogP contribution in [0.5, 0.6) is 0 Å². The molecular weight excluding hydrogens is 318 g/mol. The van der Waals surface area contributed by atoms with E-state index in [1.54, 1.807) is 6.07 Å². The third kappa shape index (κ3) is 4.48. The van der Waals surface area contributed by atoms with Gasteiger partial charge in [0.1, 0.15) is 12.0 Å². The van der Waals surface area contributed by atoms with Gasteiger partial charge >= 0.3 is 0 Å². The van der Waals surface area contributed by atoms with Gasteiger partial charge in [-0.25, -0.2) is 0 Å². The Morgan fingerprint density at radius 1 is 1.20 bits per heavy atom. The summed E-state index contributed by atoms with van der Waals surface area (Å²) >= 11 is 0. The smallest absolute Gasteiger partial charge is 0.254 e. The molecule has 2 amide bonds. The fourth-order valence-corrected chi connectivity index (χ4v) is 3.08. The molecule has 0 radical (unpaired) electrons. The van der Waals surface area contributed by atoms with Crippen LogP contribution >= 0.6 is 0 Å². The minimum absolute atomic E-state index is 0.0893. The number of nitrogens with two attached hydrogens (primary N) is 1. The second kappa shape index (κ2) is 7.98. The van der Waals surface area contributed by atoms with Crippen molar-refractivity contribution in [1.29, 1.82) is 0 Å². The number of benzene rings is 1. The highest BCUT2D eigenvalue weighted by Crippen LogP contribution is 2.26. The zero-order chi connectivity index (χ0) is 17.6. The monoisotopic (exact) mass is 341 g/mol.